The summed E-state index contributed by atoms with van der Waals surface area (Å²) in [5.74, 6) is 0.0745. The number of carbonyl (C=O) groups is 1. The van der Waals surface area contributed by atoms with Gasteiger partial charge in [0.2, 0.25) is 0 Å². The van der Waals surface area contributed by atoms with E-state index in [1.54, 1.807) is 46.2 Å². The third-order valence-corrected chi connectivity index (χ3v) is 10.1. The lowest BCUT2D eigenvalue weighted by molar-refractivity contribution is -0.129. The van der Waals surface area contributed by atoms with Crippen LogP contribution in [0.15, 0.2) is 134 Å². The molecule has 0 aliphatic heterocycles. The average molecular weight is 553 g/mol. The van der Waals surface area contributed by atoms with E-state index < -0.39 is 5.97 Å². The SMILES string of the molecule is C=CC(=O)Oc1c(Sc2cccc3ccsc23)cc(Sc2cccc3ccsc23)cc1-c1ccccc1. The van der Waals surface area contributed by atoms with Gasteiger partial charge in [-0.25, -0.2) is 4.79 Å². The van der Waals surface area contributed by atoms with Crippen LogP contribution in [0.3, 0.4) is 0 Å². The maximum Gasteiger partial charge on any atom is 0.335 e. The smallest absolute Gasteiger partial charge is 0.335 e. The maximum atomic E-state index is 12.5. The lowest BCUT2D eigenvalue weighted by atomic mass is 10.0. The number of benzene rings is 4. The number of hydrogen-bond acceptors (Lipinski definition) is 6. The summed E-state index contributed by atoms with van der Waals surface area (Å²) in [6.07, 6.45) is 1.21. The molecule has 0 aliphatic rings. The van der Waals surface area contributed by atoms with Gasteiger partial charge in [0, 0.05) is 35.7 Å². The van der Waals surface area contributed by atoms with Crippen molar-refractivity contribution in [3.05, 3.63) is 114 Å². The summed E-state index contributed by atoms with van der Waals surface area (Å²) in [4.78, 5) is 16.8. The molecule has 0 aliphatic carbocycles. The lowest BCUT2D eigenvalue weighted by Crippen LogP contribution is -2.05. The average Bonchev–Trinajstić information content (AvgIpc) is 3.61. The molecule has 37 heavy (non-hydrogen) atoms. The Labute approximate surface area is 231 Å². The monoisotopic (exact) mass is 552 g/mol. The summed E-state index contributed by atoms with van der Waals surface area (Å²) >= 11 is 6.83. The molecule has 4 aromatic carbocycles. The van der Waals surface area contributed by atoms with Gasteiger partial charge < -0.3 is 4.74 Å². The van der Waals surface area contributed by atoms with Gasteiger partial charge >= 0.3 is 5.97 Å². The standard InChI is InChI=1S/C31H20O2S4/c1-2-28(32)33-29-24(20-8-4-3-5-9-20)18-23(36-25-12-6-10-21-14-16-34-30(21)25)19-27(29)37-26-13-7-11-22-15-17-35-31(22)26/h2-19H,1H2. The molecule has 0 fully saturated rings. The predicted octanol–water partition coefficient (Wildman–Crippen LogP) is 10.2. The number of esters is 1. The second-order valence-electron chi connectivity index (χ2n) is 8.18. The Kier molecular flexibility index (Phi) is 6.89. The quantitative estimate of drug-likeness (QED) is 0.112. The van der Waals surface area contributed by atoms with Crippen LogP contribution in [0, 0.1) is 0 Å². The van der Waals surface area contributed by atoms with E-state index in [1.807, 2.05) is 30.3 Å². The molecule has 0 bridgehead atoms. The van der Waals surface area contributed by atoms with E-state index in [1.165, 1.54) is 31.1 Å². The first-order valence-corrected chi connectivity index (χ1v) is 14.9. The Bertz CT molecular complexity index is 1750. The molecule has 2 aromatic heterocycles. The highest BCUT2D eigenvalue weighted by atomic mass is 32.2. The first kappa shape index (κ1) is 24.1. The van der Waals surface area contributed by atoms with E-state index in [4.69, 9.17) is 4.74 Å². The first-order valence-electron chi connectivity index (χ1n) is 11.6. The molecule has 0 N–H and O–H groups in total. The lowest BCUT2D eigenvalue weighted by Gasteiger charge is -2.17. The van der Waals surface area contributed by atoms with Crippen molar-refractivity contribution in [3.8, 4) is 16.9 Å². The molecule has 6 aromatic rings. The van der Waals surface area contributed by atoms with Crippen molar-refractivity contribution in [2.45, 2.75) is 19.6 Å². The number of hydrogen-bond donors (Lipinski definition) is 0. The zero-order chi connectivity index (χ0) is 25.2. The van der Waals surface area contributed by atoms with Crippen molar-refractivity contribution in [2.75, 3.05) is 0 Å². The third kappa shape index (κ3) is 4.98. The summed E-state index contributed by atoms with van der Waals surface area (Å²) in [7, 11) is 0. The molecule has 0 unspecified atom stereocenters. The van der Waals surface area contributed by atoms with E-state index >= 15 is 0 Å². The van der Waals surface area contributed by atoms with Crippen LogP contribution in [0.2, 0.25) is 0 Å². The van der Waals surface area contributed by atoms with Gasteiger partial charge in [-0.15, -0.1) is 22.7 Å². The van der Waals surface area contributed by atoms with Crippen molar-refractivity contribution < 1.29 is 9.53 Å². The van der Waals surface area contributed by atoms with E-state index in [-0.39, 0.29) is 0 Å². The van der Waals surface area contributed by atoms with Crippen LogP contribution in [-0.2, 0) is 4.79 Å². The van der Waals surface area contributed by atoms with Gasteiger partial charge in [0.05, 0.1) is 4.90 Å². The Balaban J connectivity index is 1.54. The molecule has 2 nitrogen and oxygen atoms in total. The van der Waals surface area contributed by atoms with Crippen LogP contribution in [-0.4, -0.2) is 5.97 Å². The Morgan fingerprint density at radius 1 is 0.730 bits per heavy atom. The zero-order valence-electron chi connectivity index (χ0n) is 19.5. The highest BCUT2D eigenvalue weighted by molar-refractivity contribution is 8.00. The number of carbonyl (C=O) groups excluding carboxylic acids is 1. The Morgan fingerprint density at radius 2 is 1.38 bits per heavy atom. The zero-order valence-corrected chi connectivity index (χ0v) is 22.8. The Morgan fingerprint density at radius 3 is 2.03 bits per heavy atom. The second-order valence-corrected chi connectivity index (χ2v) is 12.2. The van der Waals surface area contributed by atoms with E-state index in [0.717, 1.165) is 25.8 Å². The summed E-state index contributed by atoms with van der Waals surface area (Å²) in [5.41, 5.74) is 1.86. The van der Waals surface area contributed by atoms with Crippen LogP contribution in [0.1, 0.15) is 0 Å². The molecule has 0 atom stereocenters. The van der Waals surface area contributed by atoms with Gasteiger partial charge in [0.25, 0.3) is 0 Å². The topological polar surface area (TPSA) is 26.3 Å². The first-order chi connectivity index (χ1) is 18.2. The van der Waals surface area contributed by atoms with Crippen LogP contribution < -0.4 is 4.74 Å². The van der Waals surface area contributed by atoms with E-state index in [2.05, 4.69) is 78.0 Å². The third-order valence-electron chi connectivity index (χ3n) is 5.82. The molecule has 2 heterocycles. The molecule has 0 saturated heterocycles. The molecule has 6 rings (SSSR count). The van der Waals surface area contributed by atoms with Crippen LogP contribution in [0.4, 0.5) is 0 Å². The molecular formula is C31H20O2S4. The van der Waals surface area contributed by atoms with E-state index in [0.29, 0.717) is 5.75 Å². The minimum absolute atomic E-state index is 0.475. The minimum Gasteiger partial charge on any atom is -0.421 e. The molecule has 0 amide bonds. The normalized spacial score (nSPS) is 11.1. The van der Waals surface area contributed by atoms with Crippen molar-refractivity contribution in [3.63, 3.8) is 0 Å². The molecule has 6 heteroatoms. The second kappa shape index (κ2) is 10.6. The molecule has 180 valence electrons. The minimum atomic E-state index is -0.475. The summed E-state index contributed by atoms with van der Waals surface area (Å²) in [5, 5.41) is 6.69. The largest absolute Gasteiger partial charge is 0.421 e. The van der Waals surface area contributed by atoms with Crippen LogP contribution >= 0.6 is 46.2 Å². The van der Waals surface area contributed by atoms with Gasteiger partial charge in [-0.2, -0.15) is 0 Å². The fourth-order valence-corrected chi connectivity index (χ4v) is 8.35. The highest BCUT2D eigenvalue weighted by Gasteiger charge is 2.20. The molecule has 0 spiro atoms. The highest BCUT2D eigenvalue weighted by Crippen LogP contribution is 2.48. The van der Waals surface area contributed by atoms with Crippen molar-refractivity contribution >= 4 is 72.3 Å². The van der Waals surface area contributed by atoms with Crippen LogP contribution in [0.25, 0.3) is 31.3 Å². The number of fused-ring (bicyclic) bond motifs is 2. The molecule has 0 saturated carbocycles. The Hall–Kier alpha value is -3.29. The van der Waals surface area contributed by atoms with E-state index in [9.17, 15) is 4.79 Å². The fourth-order valence-electron chi connectivity index (χ4n) is 4.13. The molecular weight excluding hydrogens is 533 g/mol. The van der Waals surface area contributed by atoms with Gasteiger partial charge in [0.15, 0.2) is 5.75 Å². The van der Waals surface area contributed by atoms with Crippen molar-refractivity contribution in [1.82, 2.24) is 0 Å². The van der Waals surface area contributed by atoms with Gasteiger partial charge in [-0.05, 0) is 63.5 Å². The van der Waals surface area contributed by atoms with Gasteiger partial charge in [-0.1, -0.05) is 84.7 Å². The van der Waals surface area contributed by atoms with Crippen LogP contribution in [0.5, 0.6) is 5.75 Å². The van der Waals surface area contributed by atoms with Gasteiger partial charge in [-0.3, -0.25) is 0 Å². The van der Waals surface area contributed by atoms with Crippen molar-refractivity contribution in [2.24, 2.45) is 0 Å². The molecule has 0 radical (unpaired) electrons. The summed E-state index contributed by atoms with van der Waals surface area (Å²) in [6, 6.07) is 31.3. The predicted molar refractivity (Wildman–Crippen MR) is 160 cm³/mol. The summed E-state index contributed by atoms with van der Waals surface area (Å²) in [6.45, 7) is 3.62. The fraction of sp³-hybridized carbons (Fsp3) is 0. The van der Waals surface area contributed by atoms with Gasteiger partial charge in [0.1, 0.15) is 0 Å². The van der Waals surface area contributed by atoms with Crippen molar-refractivity contribution in [1.29, 1.82) is 0 Å². The number of ether oxygens (including phenoxy) is 1. The summed E-state index contributed by atoms with van der Waals surface area (Å²) < 4.78 is 8.42. The maximum absolute atomic E-state index is 12.5. The number of rotatable bonds is 7. The number of thiophene rings is 2.